The number of aryl methyl sites for hydroxylation is 1. The van der Waals surface area contributed by atoms with Gasteiger partial charge in [-0.15, -0.1) is 0 Å². The molecule has 18 heavy (non-hydrogen) atoms. The van der Waals surface area contributed by atoms with Crippen LogP contribution in [0.1, 0.15) is 11.1 Å². The van der Waals surface area contributed by atoms with Gasteiger partial charge in [-0.3, -0.25) is 9.48 Å². The van der Waals surface area contributed by atoms with Crippen molar-refractivity contribution in [2.75, 3.05) is 0 Å². The molecule has 2 aromatic rings. The third kappa shape index (κ3) is 3.59. The van der Waals surface area contributed by atoms with E-state index in [0.29, 0.717) is 6.54 Å². The quantitative estimate of drug-likeness (QED) is 0.829. The van der Waals surface area contributed by atoms with Gasteiger partial charge in [0.1, 0.15) is 0 Å². The molecule has 0 aliphatic heterocycles. The first-order chi connectivity index (χ1) is 8.74. The molecular formula is C14H15N3O. The predicted molar refractivity (Wildman–Crippen MR) is 70.5 cm³/mol. The van der Waals surface area contributed by atoms with E-state index in [4.69, 9.17) is 0 Å². The molecule has 0 unspecified atom stereocenters. The average molecular weight is 241 g/mol. The van der Waals surface area contributed by atoms with Crippen LogP contribution in [0.5, 0.6) is 0 Å². The lowest BCUT2D eigenvalue weighted by atomic mass is 10.2. The minimum Gasteiger partial charge on any atom is -0.348 e. The van der Waals surface area contributed by atoms with E-state index in [1.54, 1.807) is 17.0 Å². The van der Waals surface area contributed by atoms with Crippen LogP contribution >= 0.6 is 0 Å². The molecule has 0 aliphatic rings. The molecule has 1 aromatic carbocycles. The van der Waals surface area contributed by atoms with Crippen LogP contribution in [0.15, 0.2) is 48.8 Å². The molecule has 92 valence electrons. The number of hydrogen-bond acceptors (Lipinski definition) is 2. The fraction of sp³-hybridized carbons (Fsp3) is 0.143. The molecule has 1 heterocycles. The number of amides is 1. The van der Waals surface area contributed by atoms with Crippen molar-refractivity contribution in [2.24, 2.45) is 7.05 Å². The van der Waals surface area contributed by atoms with E-state index in [-0.39, 0.29) is 5.91 Å². The highest BCUT2D eigenvalue weighted by Gasteiger charge is 1.96. The van der Waals surface area contributed by atoms with Gasteiger partial charge in [-0.1, -0.05) is 30.3 Å². The number of nitrogens with zero attached hydrogens (tertiary/aromatic N) is 2. The van der Waals surface area contributed by atoms with Crippen LogP contribution in [0.4, 0.5) is 0 Å². The second-order valence-corrected chi connectivity index (χ2v) is 3.98. The van der Waals surface area contributed by atoms with E-state index >= 15 is 0 Å². The molecule has 0 atom stereocenters. The Balaban J connectivity index is 1.84. The predicted octanol–water partition coefficient (Wildman–Crippen LogP) is 1.75. The average Bonchev–Trinajstić information content (AvgIpc) is 2.81. The summed E-state index contributed by atoms with van der Waals surface area (Å²) in [6.45, 7) is 0.539. The van der Waals surface area contributed by atoms with Crippen LogP contribution < -0.4 is 5.32 Å². The van der Waals surface area contributed by atoms with Gasteiger partial charge < -0.3 is 5.32 Å². The Kier molecular flexibility index (Phi) is 3.91. The third-order valence-electron chi connectivity index (χ3n) is 2.46. The lowest BCUT2D eigenvalue weighted by Gasteiger charge is -2.01. The number of aromatic nitrogens is 2. The van der Waals surface area contributed by atoms with E-state index in [0.717, 1.165) is 11.1 Å². The molecule has 0 radical (unpaired) electrons. The SMILES string of the molecule is Cn1cc(/C=C/C(=O)NCc2ccccc2)cn1. The molecule has 0 bridgehead atoms. The normalized spacial score (nSPS) is 10.7. The first-order valence-electron chi connectivity index (χ1n) is 5.72. The lowest BCUT2D eigenvalue weighted by molar-refractivity contribution is -0.116. The summed E-state index contributed by atoms with van der Waals surface area (Å²) in [6, 6.07) is 9.81. The van der Waals surface area contributed by atoms with Crippen LogP contribution in [-0.4, -0.2) is 15.7 Å². The van der Waals surface area contributed by atoms with Crippen molar-refractivity contribution >= 4 is 12.0 Å². The van der Waals surface area contributed by atoms with E-state index in [1.807, 2.05) is 43.6 Å². The van der Waals surface area contributed by atoms with E-state index in [9.17, 15) is 4.79 Å². The first kappa shape index (κ1) is 12.1. The summed E-state index contributed by atoms with van der Waals surface area (Å²) in [7, 11) is 1.84. The maximum Gasteiger partial charge on any atom is 0.244 e. The van der Waals surface area contributed by atoms with Gasteiger partial charge in [0.2, 0.25) is 5.91 Å². The number of rotatable bonds is 4. The topological polar surface area (TPSA) is 46.9 Å². The Morgan fingerprint density at radius 1 is 1.39 bits per heavy atom. The van der Waals surface area contributed by atoms with Crippen molar-refractivity contribution in [3.8, 4) is 0 Å². The summed E-state index contributed by atoms with van der Waals surface area (Å²) in [5.74, 6) is -0.109. The second-order valence-electron chi connectivity index (χ2n) is 3.98. The molecule has 4 heteroatoms. The van der Waals surface area contributed by atoms with E-state index < -0.39 is 0 Å². The zero-order valence-electron chi connectivity index (χ0n) is 10.2. The monoisotopic (exact) mass is 241 g/mol. The highest BCUT2D eigenvalue weighted by atomic mass is 16.1. The van der Waals surface area contributed by atoms with Crippen LogP contribution in [0.2, 0.25) is 0 Å². The summed E-state index contributed by atoms with van der Waals surface area (Å²) in [6.07, 6.45) is 6.81. The van der Waals surface area contributed by atoms with Gasteiger partial charge in [0.15, 0.2) is 0 Å². The maximum atomic E-state index is 11.6. The van der Waals surface area contributed by atoms with E-state index in [2.05, 4.69) is 10.4 Å². The van der Waals surface area contributed by atoms with Gasteiger partial charge in [0.25, 0.3) is 0 Å². The number of carbonyl (C=O) groups is 1. The van der Waals surface area contributed by atoms with Crippen molar-refractivity contribution < 1.29 is 4.79 Å². The van der Waals surface area contributed by atoms with Crippen LogP contribution in [-0.2, 0) is 18.4 Å². The van der Waals surface area contributed by atoms with Crippen molar-refractivity contribution in [2.45, 2.75) is 6.54 Å². The molecule has 0 aliphatic carbocycles. The van der Waals surface area contributed by atoms with Crippen molar-refractivity contribution in [1.82, 2.24) is 15.1 Å². The first-order valence-corrected chi connectivity index (χ1v) is 5.72. The largest absolute Gasteiger partial charge is 0.348 e. The van der Waals surface area contributed by atoms with Crippen molar-refractivity contribution in [3.63, 3.8) is 0 Å². The summed E-state index contributed by atoms with van der Waals surface area (Å²) < 4.78 is 1.70. The number of benzene rings is 1. The van der Waals surface area contributed by atoms with Crippen molar-refractivity contribution in [1.29, 1.82) is 0 Å². The third-order valence-corrected chi connectivity index (χ3v) is 2.46. The fourth-order valence-electron chi connectivity index (χ4n) is 1.54. The molecule has 1 amide bonds. The molecule has 0 saturated carbocycles. The van der Waals surface area contributed by atoms with Gasteiger partial charge in [-0.05, 0) is 11.6 Å². The molecular weight excluding hydrogens is 226 g/mol. The molecule has 0 spiro atoms. The smallest absolute Gasteiger partial charge is 0.244 e. The Morgan fingerprint density at radius 3 is 2.83 bits per heavy atom. The zero-order valence-corrected chi connectivity index (χ0v) is 10.2. The van der Waals surface area contributed by atoms with Crippen LogP contribution in [0.3, 0.4) is 0 Å². The number of carbonyl (C=O) groups excluding carboxylic acids is 1. The van der Waals surface area contributed by atoms with Crippen molar-refractivity contribution in [3.05, 3.63) is 59.9 Å². The number of nitrogens with one attached hydrogen (secondary N) is 1. The Bertz CT molecular complexity index is 543. The minimum atomic E-state index is -0.109. The van der Waals surface area contributed by atoms with Gasteiger partial charge in [-0.25, -0.2) is 0 Å². The molecule has 0 saturated heterocycles. The van der Waals surface area contributed by atoms with Gasteiger partial charge in [0.05, 0.1) is 6.20 Å². The summed E-state index contributed by atoms with van der Waals surface area (Å²) >= 11 is 0. The van der Waals surface area contributed by atoms with Crippen LogP contribution in [0.25, 0.3) is 6.08 Å². The molecule has 4 nitrogen and oxygen atoms in total. The van der Waals surface area contributed by atoms with Crippen LogP contribution in [0, 0.1) is 0 Å². The van der Waals surface area contributed by atoms with Gasteiger partial charge >= 0.3 is 0 Å². The van der Waals surface area contributed by atoms with Gasteiger partial charge in [-0.2, -0.15) is 5.10 Å². The lowest BCUT2D eigenvalue weighted by Crippen LogP contribution is -2.20. The molecule has 1 aromatic heterocycles. The highest BCUT2D eigenvalue weighted by molar-refractivity contribution is 5.91. The standard InChI is InChI=1S/C14H15N3O/c1-17-11-13(10-16-17)7-8-14(18)15-9-12-5-3-2-4-6-12/h2-8,10-11H,9H2,1H3,(H,15,18)/b8-7+. The summed E-state index contributed by atoms with van der Waals surface area (Å²) in [5, 5.41) is 6.84. The Morgan fingerprint density at radius 2 is 2.17 bits per heavy atom. The highest BCUT2D eigenvalue weighted by Crippen LogP contribution is 2.00. The zero-order chi connectivity index (χ0) is 12.8. The second kappa shape index (κ2) is 5.82. The summed E-state index contributed by atoms with van der Waals surface area (Å²) in [4.78, 5) is 11.6. The fourth-order valence-corrected chi connectivity index (χ4v) is 1.54. The Labute approximate surface area is 106 Å². The van der Waals surface area contributed by atoms with Gasteiger partial charge in [0, 0.05) is 31.4 Å². The maximum absolute atomic E-state index is 11.6. The minimum absolute atomic E-state index is 0.109. The Hall–Kier alpha value is -2.36. The number of hydrogen-bond donors (Lipinski definition) is 1. The molecule has 0 fully saturated rings. The molecule has 1 N–H and O–H groups in total. The summed E-state index contributed by atoms with van der Waals surface area (Å²) in [5.41, 5.74) is 1.99. The van der Waals surface area contributed by atoms with E-state index in [1.165, 1.54) is 6.08 Å². The molecule has 2 rings (SSSR count).